The van der Waals surface area contributed by atoms with E-state index in [1.54, 1.807) is 24.3 Å². The zero-order valence-electron chi connectivity index (χ0n) is 9.48. The minimum Gasteiger partial charge on any atom is -0.507 e. The average Bonchev–Trinajstić information content (AvgIpc) is 2.79. The van der Waals surface area contributed by atoms with Crippen molar-refractivity contribution < 1.29 is 9.90 Å². The van der Waals surface area contributed by atoms with Gasteiger partial charge in [-0.15, -0.1) is 0 Å². The predicted octanol–water partition coefficient (Wildman–Crippen LogP) is 3.55. The lowest BCUT2D eigenvalue weighted by Gasteiger charge is -2.08. The van der Waals surface area contributed by atoms with Crippen molar-refractivity contribution in [3.05, 3.63) is 29.8 Å². The topological polar surface area (TPSA) is 37.3 Å². The van der Waals surface area contributed by atoms with Gasteiger partial charge in [0.15, 0.2) is 5.78 Å². The number of benzene rings is 1. The first-order valence-corrected chi connectivity index (χ1v) is 6.08. The molecule has 1 fully saturated rings. The van der Waals surface area contributed by atoms with Crippen molar-refractivity contribution in [1.82, 2.24) is 0 Å². The van der Waals surface area contributed by atoms with E-state index >= 15 is 0 Å². The van der Waals surface area contributed by atoms with E-state index in [9.17, 15) is 9.90 Å². The molecule has 0 atom stereocenters. The van der Waals surface area contributed by atoms with Gasteiger partial charge in [0.2, 0.25) is 0 Å². The molecule has 1 aliphatic carbocycles. The number of para-hydroxylation sites is 1. The number of hydrogen-bond acceptors (Lipinski definition) is 2. The number of phenolic OH excluding ortho intramolecular Hbond substituents is 1. The highest BCUT2D eigenvalue weighted by Gasteiger charge is 2.17. The Balaban J connectivity index is 1.90. The molecular weight excluding hydrogens is 200 g/mol. The van der Waals surface area contributed by atoms with Crippen molar-refractivity contribution in [2.24, 2.45) is 5.92 Å². The molecule has 0 spiro atoms. The van der Waals surface area contributed by atoms with E-state index in [1.165, 1.54) is 25.7 Å². The first-order valence-electron chi connectivity index (χ1n) is 6.08. The summed E-state index contributed by atoms with van der Waals surface area (Å²) in [6.07, 6.45) is 6.72. The Morgan fingerprint density at radius 3 is 2.62 bits per heavy atom. The fourth-order valence-electron chi connectivity index (χ4n) is 2.48. The van der Waals surface area contributed by atoms with Crippen molar-refractivity contribution in [3.63, 3.8) is 0 Å². The van der Waals surface area contributed by atoms with Gasteiger partial charge in [0.25, 0.3) is 0 Å². The van der Waals surface area contributed by atoms with E-state index in [1.807, 2.05) is 0 Å². The van der Waals surface area contributed by atoms with Crippen LogP contribution < -0.4 is 0 Å². The van der Waals surface area contributed by atoms with Crippen molar-refractivity contribution in [2.75, 3.05) is 0 Å². The molecule has 0 radical (unpaired) electrons. The van der Waals surface area contributed by atoms with E-state index in [2.05, 4.69) is 0 Å². The molecular formula is C14H18O2. The van der Waals surface area contributed by atoms with Crippen LogP contribution in [0.3, 0.4) is 0 Å². The van der Waals surface area contributed by atoms with Gasteiger partial charge in [0.05, 0.1) is 5.56 Å². The van der Waals surface area contributed by atoms with E-state index in [4.69, 9.17) is 0 Å². The Bertz CT molecular complexity index is 365. The van der Waals surface area contributed by atoms with Gasteiger partial charge in [-0.25, -0.2) is 0 Å². The Kier molecular flexibility index (Phi) is 3.60. The minimum absolute atomic E-state index is 0.0741. The summed E-state index contributed by atoms with van der Waals surface area (Å²) in [6.45, 7) is 0. The summed E-state index contributed by atoms with van der Waals surface area (Å²) >= 11 is 0. The van der Waals surface area contributed by atoms with Gasteiger partial charge in [-0.05, 0) is 24.5 Å². The van der Waals surface area contributed by atoms with Crippen LogP contribution in [0.4, 0.5) is 0 Å². The molecule has 0 aromatic heterocycles. The summed E-state index contributed by atoms with van der Waals surface area (Å²) in [5.41, 5.74) is 0.473. The molecule has 2 nitrogen and oxygen atoms in total. The van der Waals surface area contributed by atoms with E-state index in [-0.39, 0.29) is 11.5 Å². The summed E-state index contributed by atoms with van der Waals surface area (Å²) in [5, 5.41) is 9.55. The lowest BCUT2D eigenvalue weighted by atomic mass is 9.97. The van der Waals surface area contributed by atoms with Gasteiger partial charge in [0.1, 0.15) is 5.75 Å². The van der Waals surface area contributed by atoms with Crippen molar-refractivity contribution >= 4 is 5.78 Å². The number of ketones is 1. The molecule has 2 heteroatoms. The average molecular weight is 218 g/mol. The van der Waals surface area contributed by atoms with Crippen LogP contribution in [-0.2, 0) is 0 Å². The summed E-state index contributed by atoms with van der Waals surface area (Å²) in [4.78, 5) is 11.9. The highest BCUT2D eigenvalue weighted by molar-refractivity contribution is 5.98. The zero-order valence-corrected chi connectivity index (χ0v) is 9.48. The maximum absolute atomic E-state index is 11.9. The van der Waals surface area contributed by atoms with Gasteiger partial charge in [-0.2, -0.15) is 0 Å². The molecule has 0 aliphatic heterocycles. The fourth-order valence-corrected chi connectivity index (χ4v) is 2.48. The first-order chi connectivity index (χ1) is 7.77. The third-order valence-corrected chi connectivity index (χ3v) is 3.46. The quantitative estimate of drug-likeness (QED) is 0.785. The molecule has 2 rings (SSSR count). The van der Waals surface area contributed by atoms with Crippen LogP contribution >= 0.6 is 0 Å². The third-order valence-electron chi connectivity index (χ3n) is 3.46. The molecule has 1 aromatic carbocycles. The molecule has 16 heavy (non-hydrogen) atoms. The molecule has 1 aromatic rings. The highest BCUT2D eigenvalue weighted by Crippen LogP contribution is 2.29. The predicted molar refractivity (Wildman–Crippen MR) is 63.6 cm³/mol. The van der Waals surface area contributed by atoms with Crippen LogP contribution in [0.2, 0.25) is 0 Å². The molecule has 86 valence electrons. The van der Waals surface area contributed by atoms with Crippen LogP contribution in [-0.4, -0.2) is 10.9 Å². The van der Waals surface area contributed by atoms with E-state index in [0.717, 1.165) is 12.3 Å². The Labute approximate surface area is 96.3 Å². The number of Topliss-reactive ketones (excluding diaryl/α,β-unsaturated/α-hetero) is 1. The standard InChI is InChI=1S/C14H18O2/c15-13-8-4-3-7-12(13)14(16)10-9-11-5-1-2-6-11/h3-4,7-8,11,15H,1-2,5-6,9-10H2. The second kappa shape index (κ2) is 5.15. The second-order valence-electron chi connectivity index (χ2n) is 4.63. The van der Waals surface area contributed by atoms with Crippen LogP contribution in [0, 0.1) is 5.92 Å². The fraction of sp³-hybridized carbons (Fsp3) is 0.500. The summed E-state index contributed by atoms with van der Waals surface area (Å²) in [5.74, 6) is 0.915. The number of rotatable bonds is 4. The maximum Gasteiger partial charge on any atom is 0.166 e. The number of carbonyl (C=O) groups is 1. The van der Waals surface area contributed by atoms with Gasteiger partial charge in [-0.3, -0.25) is 4.79 Å². The van der Waals surface area contributed by atoms with Crippen molar-refractivity contribution in [1.29, 1.82) is 0 Å². The number of hydrogen-bond donors (Lipinski definition) is 1. The lowest BCUT2D eigenvalue weighted by molar-refractivity contribution is 0.0971. The van der Waals surface area contributed by atoms with Gasteiger partial charge < -0.3 is 5.11 Å². The molecule has 1 N–H and O–H groups in total. The van der Waals surface area contributed by atoms with Gasteiger partial charge in [0, 0.05) is 6.42 Å². The molecule has 0 bridgehead atoms. The van der Waals surface area contributed by atoms with E-state index in [0.29, 0.717) is 12.0 Å². The van der Waals surface area contributed by atoms with Gasteiger partial charge in [-0.1, -0.05) is 37.8 Å². The lowest BCUT2D eigenvalue weighted by Crippen LogP contribution is -2.03. The number of aromatic hydroxyl groups is 1. The molecule has 1 saturated carbocycles. The summed E-state index contributed by atoms with van der Waals surface area (Å²) < 4.78 is 0. The molecule has 0 amide bonds. The maximum atomic E-state index is 11.9. The largest absolute Gasteiger partial charge is 0.507 e. The molecule has 0 heterocycles. The highest BCUT2D eigenvalue weighted by atomic mass is 16.3. The van der Waals surface area contributed by atoms with Crippen LogP contribution in [0.5, 0.6) is 5.75 Å². The number of phenols is 1. The monoisotopic (exact) mass is 218 g/mol. The SMILES string of the molecule is O=C(CCC1CCCC1)c1ccccc1O. The molecule has 1 aliphatic rings. The summed E-state index contributed by atoms with van der Waals surface area (Å²) in [7, 11) is 0. The second-order valence-corrected chi connectivity index (χ2v) is 4.63. The van der Waals surface area contributed by atoms with Crippen molar-refractivity contribution in [3.8, 4) is 5.75 Å². The normalized spacial score (nSPS) is 16.5. The van der Waals surface area contributed by atoms with Gasteiger partial charge >= 0.3 is 0 Å². The van der Waals surface area contributed by atoms with E-state index < -0.39 is 0 Å². The summed E-state index contributed by atoms with van der Waals surface area (Å²) in [6, 6.07) is 6.81. The Hall–Kier alpha value is -1.31. The Morgan fingerprint density at radius 1 is 1.25 bits per heavy atom. The van der Waals surface area contributed by atoms with Crippen LogP contribution in [0.1, 0.15) is 48.9 Å². The van der Waals surface area contributed by atoms with Crippen LogP contribution in [0.15, 0.2) is 24.3 Å². The minimum atomic E-state index is 0.0741. The van der Waals surface area contributed by atoms with Crippen LogP contribution in [0.25, 0.3) is 0 Å². The number of carbonyl (C=O) groups excluding carboxylic acids is 1. The molecule has 0 unspecified atom stereocenters. The smallest absolute Gasteiger partial charge is 0.166 e. The Morgan fingerprint density at radius 2 is 1.94 bits per heavy atom. The van der Waals surface area contributed by atoms with Crippen molar-refractivity contribution in [2.45, 2.75) is 38.5 Å². The molecule has 0 saturated heterocycles. The first kappa shape index (κ1) is 11.2. The third kappa shape index (κ3) is 2.63. The zero-order chi connectivity index (χ0) is 11.4.